The number of hydrogen-bond acceptors (Lipinski definition) is 6. The number of nitrogens with one attached hydrogen (secondary N) is 1. The molecule has 0 radical (unpaired) electrons. The summed E-state index contributed by atoms with van der Waals surface area (Å²) in [5.74, 6) is 0.536. The van der Waals surface area contributed by atoms with E-state index in [-0.39, 0.29) is 18.1 Å². The van der Waals surface area contributed by atoms with Gasteiger partial charge in [-0.25, -0.2) is 0 Å². The fraction of sp³-hybridized carbons (Fsp3) is 0.205. The molecule has 1 aliphatic carbocycles. The summed E-state index contributed by atoms with van der Waals surface area (Å²) in [6.07, 6.45) is 13.6. The summed E-state index contributed by atoms with van der Waals surface area (Å²) in [6, 6.07) is 45.3. The van der Waals surface area contributed by atoms with E-state index in [2.05, 4.69) is 155 Å². The predicted octanol–water partition coefficient (Wildman–Crippen LogP) is 10.5. The molecular weight excluding hydrogens is 613 g/mol. The first-order chi connectivity index (χ1) is 24.8. The molecular formula is C44H40N6. The van der Waals surface area contributed by atoms with Crippen LogP contribution in [0.4, 0.5) is 28.4 Å². The number of benzene rings is 5. The van der Waals surface area contributed by atoms with Crippen LogP contribution in [0.5, 0.6) is 0 Å². The Morgan fingerprint density at radius 2 is 1.42 bits per heavy atom. The van der Waals surface area contributed by atoms with E-state index in [9.17, 15) is 0 Å². The van der Waals surface area contributed by atoms with Crippen molar-refractivity contribution in [2.24, 2.45) is 4.99 Å². The lowest BCUT2D eigenvalue weighted by Crippen LogP contribution is -2.43. The highest BCUT2D eigenvalue weighted by molar-refractivity contribution is 5.97. The van der Waals surface area contributed by atoms with Crippen LogP contribution in [0, 0.1) is 0 Å². The molecule has 5 aromatic carbocycles. The smallest absolute Gasteiger partial charge is 0.127 e. The summed E-state index contributed by atoms with van der Waals surface area (Å²) in [5, 5.41) is 6.28. The van der Waals surface area contributed by atoms with Crippen LogP contribution in [0.3, 0.4) is 0 Å². The van der Waals surface area contributed by atoms with E-state index in [0.29, 0.717) is 5.92 Å². The molecule has 0 saturated heterocycles. The van der Waals surface area contributed by atoms with Gasteiger partial charge in [0, 0.05) is 52.9 Å². The molecule has 0 spiro atoms. The van der Waals surface area contributed by atoms with Gasteiger partial charge in [-0.3, -0.25) is 15.0 Å². The summed E-state index contributed by atoms with van der Waals surface area (Å²) in [6.45, 7) is 0. The third kappa shape index (κ3) is 5.71. The molecule has 2 aliphatic heterocycles. The van der Waals surface area contributed by atoms with Crippen molar-refractivity contribution in [2.45, 2.75) is 56.1 Å². The lowest BCUT2D eigenvalue weighted by molar-refractivity contribution is 0.490. The molecule has 0 saturated carbocycles. The van der Waals surface area contributed by atoms with Crippen LogP contribution >= 0.6 is 0 Å². The van der Waals surface area contributed by atoms with Gasteiger partial charge in [0.1, 0.15) is 6.17 Å². The second-order valence-corrected chi connectivity index (χ2v) is 13.6. The Balaban J connectivity index is 0.904. The Hall–Kier alpha value is -5.75. The molecule has 0 bridgehead atoms. The zero-order valence-corrected chi connectivity index (χ0v) is 28.0. The fourth-order valence-corrected chi connectivity index (χ4v) is 8.00. The van der Waals surface area contributed by atoms with Gasteiger partial charge in [-0.1, -0.05) is 91.0 Å². The van der Waals surface area contributed by atoms with Gasteiger partial charge in [-0.05, 0) is 80.0 Å². The zero-order valence-electron chi connectivity index (χ0n) is 28.0. The zero-order chi connectivity index (χ0) is 33.3. The molecule has 6 nitrogen and oxygen atoms in total. The minimum atomic E-state index is 0.0723. The number of fused-ring (bicyclic) bond motifs is 2. The Morgan fingerprint density at radius 3 is 2.20 bits per heavy atom. The molecule has 0 fully saturated rings. The second-order valence-electron chi connectivity index (χ2n) is 13.6. The number of aromatic nitrogens is 2. The number of nitrogens with zero attached hydrogens (tertiary/aromatic N) is 5. The van der Waals surface area contributed by atoms with E-state index >= 15 is 0 Å². The van der Waals surface area contributed by atoms with Crippen molar-refractivity contribution in [1.29, 1.82) is 0 Å². The van der Waals surface area contributed by atoms with Crippen LogP contribution in [-0.4, -0.2) is 28.4 Å². The van der Waals surface area contributed by atoms with Gasteiger partial charge in [0.25, 0.3) is 0 Å². The molecule has 9 rings (SSSR count). The summed E-state index contributed by atoms with van der Waals surface area (Å²) in [4.78, 5) is 19.9. The molecule has 6 heteroatoms. The average molecular weight is 653 g/mol. The maximum Gasteiger partial charge on any atom is 0.127 e. The fourth-order valence-electron chi connectivity index (χ4n) is 8.00. The van der Waals surface area contributed by atoms with Gasteiger partial charge in [0.05, 0.1) is 34.5 Å². The van der Waals surface area contributed by atoms with E-state index in [1.165, 1.54) is 39.2 Å². The Labute approximate surface area is 293 Å². The summed E-state index contributed by atoms with van der Waals surface area (Å²) >= 11 is 0. The minimum Gasteiger partial charge on any atom is -0.361 e. The van der Waals surface area contributed by atoms with Gasteiger partial charge in [-0.2, -0.15) is 0 Å². The Morgan fingerprint density at radius 1 is 0.680 bits per heavy atom. The van der Waals surface area contributed by atoms with E-state index in [1.807, 2.05) is 12.4 Å². The monoisotopic (exact) mass is 652 g/mol. The van der Waals surface area contributed by atoms with Crippen LogP contribution in [0.15, 0.2) is 157 Å². The number of rotatable bonds is 7. The van der Waals surface area contributed by atoms with Gasteiger partial charge in [0.15, 0.2) is 0 Å². The molecule has 1 N–H and O–H groups in total. The van der Waals surface area contributed by atoms with E-state index in [1.54, 1.807) is 0 Å². The molecule has 4 atom stereocenters. The molecule has 6 aromatic rings. The van der Waals surface area contributed by atoms with Crippen molar-refractivity contribution in [3.05, 3.63) is 163 Å². The minimum absolute atomic E-state index is 0.0723. The number of para-hydroxylation sites is 4. The Bertz CT molecular complexity index is 2160. The van der Waals surface area contributed by atoms with Crippen LogP contribution < -0.4 is 15.1 Å². The first-order valence-corrected chi connectivity index (χ1v) is 17.9. The lowest BCUT2D eigenvalue weighted by atomic mass is 9.88. The number of allylic oxidation sites excluding steroid dienone is 2. The third-order valence-electron chi connectivity index (χ3n) is 10.6. The van der Waals surface area contributed by atoms with E-state index in [0.717, 1.165) is 49.2 Å². The molecule has 1 aromatic heterocycles. The first kappa shape index (κ1) is 30.3. The van der Waals surface area contributed by atoms with Crippen LogP contribution in [-0.2, 0) is 0 Å². The third-order valence-corrected chi connectivity index (χ3v) is 10.6. The summed E-state index contributed by atoms with van der Waals surface area (Å²) in [7, 11) is 0. The van der Waals surface area contributed by atoms with Crippen molar-refractivity contribution in [3.8, 4) is 0 Å². The van der Waals surface area contributed by atoms with Gasteiger partial charge in [0.2, 0.25) is 0 Å². The summed E-state index contributed by atoms with van der Waals surface area (Å²) < 4.78 is 0. The highest BCUT2D eigenvalue weighted by Gasteiger charge is 2.37. The first-order valence-electron chi connectivity index (χ1n) is 17.9. The molecule has 3 aliphatic rings. The van der Waals surface area contributed by atoms with Crippen LogP contribution in [0.2, 0.25) is 0 Å². The normalized spacial score (nSPS) is 21.4. The van der Waals surface area contributed by atoms with Crippen molar-refractivity contribution in [2.75, 3.05) is 15.1 Å². The largest absolute Gasteiger partial charge is 0.361 e. The molecule has 0 amide bonds. The Kier molecular flexibility index (Phi) is 8.05. The average Bonchev–Trinajstić information content (AvgIpc) is 3.59. The van der Waals surface area contributed by atoms with E-state index in [4.69, 9.17) is 15.0 Å². The predicted molar refractivity (Wildman–Crippen MR) is 206 cm³/mol. The molecule has 4 unspecified atom stereocenters. The van der Waals surface area contributed by atoms with Crippen molar-refractivity contribution in [1.82, 2.24) is 9.97 Å². The van der Waals surface area contributed by atoms with Crippen molar-refractivity contribution < 1.29 is 0 Å². The molecule has 3 heterocycles. The maximum absolute atomic E-state index is 5.12. The van der Waals surface area contributed by atoms with Crippen molar-refractivity contribution in [3.63, 3.8) is 0 Å². The lowest BCUT2D eigenvalue weighted by Gasteiger charge is -2.34. The van der Waals surface area contributed by atoms with E-state index < -0.39 is 0 Å². The van der Waals surface area contributed by atoms with Crippen molar-refractivity contribution >= 4 is 45.4 Å². The topological polar surface area (TPSA) is 56.7 Å². The van der Waals surface area contributed by atoms with Gasteiger partial charge >= 0.3 is 0 Å². The molecule has 50 heavy (non-hydrogen) atoms. The van der Waals surface area contributed by atoms with Gasteiger partial charge in [-0.15, -0.1) is 0 Å². The van der Waals surface area contributed by atoms with Crippen LogP contribution in [0.1, 0.15) is 55.3 Å². The quantitative estimate of drug-likeness (QED) is 0.186. The summed E-state index contributed by atoms with van der Waals surface area (Å²) in [5.41, 5.74) is 9.39. The number of anilines is 5. The highest BCUT2D eigenvalue weighted by atomic mass is 15.4. The standard InChI is InChI=1S/C44H40N6/c1-3-14-34(15-4-1)49(42-21-11-13-31-12-7-8-18-37(31)42)36-25-22-32(23-26-36)40-29-47-41(30-46-40)33-24-27-39(45-28-33)44-48-38-19-9-10-20-43(38)50(44)35-16-5-2-6-17-35/h1-21,25,28-30,32-33,39,44,48H,22-24,26-27H2. The molecule has 246 valence electrons. The van der Waals surface area contributed by atoms with Gasteiger partial charge < -0.3 is 15.1 Å². The number of hydrogen-bond donors (Lipinski definition) is 1. The number of aliphatic imine (C=N–C) groups is 1. The maximum atomic E-state index is 5.12. The van der Waals surface area contributed by atoms with Crippen LogP contribution in [0.25, 0.3) is 10.8 Å². The SMILES string of the molecule is C1=NC(C2Nc3ccccc3N2c2ccccc2)CCC1c1cnc(C2CC=C(N(c3ccccc3)c3cccc4ccccc34)CC2)cn1. The second kappa shape index (κ2) is 13.3. The highest BCUT2D eigenvalue weighted by Crippen LogP contribution is 2.43.